The molecule has 0 amide bonds. The van der Waals surface area contributed by atoms with Crippen LogP contribution in [-0.4, -0.2) is 37.2 Å². The molecule has 0 N–H and O–H groups in total. The number of esters is 3. The number of unbranched alkanes of at least 4 members (excludes halogenated alkanes) is 38. The van der Waals surface area contributed by atoms with E-state index in [4.69, 9.17) is 14.2 Å². The highest BCUT2D eigenvalue weighted by atomic mass is 16.6. The van der Waals surface area contributed by atoms with Gasteiger partial charge in [-0.1, -0.05) is 318 Å². The number of allylic oxidation sites excluding steroid dienone is 14. The van der Waals surface area contributed by atoms with Crippen molar-refractivity contribution in [3.8, 4) is 0 Å². The number of carbonyl (C=O) groups is 3. The van der Waals surface area contributed by atoms with Gasteiger partial charge < -0.3 is 14.2 Å². The summed E-state index contributed by atoms with van der Waals surface area (Å²) in [6.45, 7) is 6.56. The summed E-state index contributed by atoms with van der Waals surface area (Å²) in [5.74, 6) is -0.870. The van der Waals surface area contributed by atoms with Crippen LogP contribution >= 0.6 is 0 Å². The fourth-order valence-electron chi connectivity index (χ4n) is 9.97. The first-order valence-electron chi connectivity index (χ1n) is 34.6. The maximum atomic E-state index is 13.0. The molecule has 1 atom stereocenters. The second kappa shape index (κ2) is 68.1. The Balaban J connectivity index is 4.37. The molecule has 0 bridgehead atoms. The minimum atomic E-state index is -0.783. The van der Waals surface area contributed by atoms with Crippen molar-refractivity contribution in [1.29, 1.82) is 0 Å². The van der Waals surface area contributed by atoms with Crippen molar-refractivity contribution < 1.29 is 28.6 Å². The molecule has 462 valence electrons. The van der Waals surface area contributed by atoms with Gasteiger partial charge >= 0.3 is 17.9 Å². The molecule has 80 heavy (non-hydrogen) atoms. The van der Waals surface area contributed by atoms with Crippen LogP contribution in [0.25, 0.3) is 0 Å². The Labute approximate surface area is 496 Å². The Hall–Kier alpha value is -3.41. The number of ether oxygens (including phenoxy) is 3. The number of rotatable bonds is 63. The van der Waals surface area contributed by atoms with E-state index in [0.717, 1.165) is 103 Å². The number of hydrogen-bond acceptors (Lipinski definition) is 6. The second-order valence-electron chi connectivity index (χ2n) is 23.1. The van der Waals surface area contributed by atoms with Crippen molar-refractivity contribution in [3.63, 3.8) is 0 Å². The lowest BCUT2D eigenvalue weighted by Gasteiger charge is -2.18. The summed E-state index contributed by atoms with van der Waals surface area (Å²) in [5.41, 5.74) is 0. The third kappa shape index (κ3) is 65.4. The molecule has 0 fully saturated rings. The highest BCUT2D eigenvalue weighted by Crippen LogP contribution is 2.17. The fourth-order valence-corrected chi connectivity index (χ4v) is 9.97. The maximum absolute atomic E-state index is 13.0. The predicted octanol–water partition coefficient (Wildman–Crippen LogP) is 23.8. The SMILES string of the molecule is CC/C=C\C/C=C\C/C=C\C/C=C\CCCCCCCCCCCCC(=O)OCC(COC(=O)CCCCCCCCCCCCCCCCCC)OC(=O)CCCCCCCCCC/C=C\C/C=C\C/C=C\CCCCCCC. The molecule has 0 spiro atoms. The van der Waals surface area contributed by atoms with Gasteiger partial charge in [-0.15, -0.1) is 0 Å². The molecular formula is C74H130O6. The first-order valence-corrected chi connectivity index (χ1v) is 34.6. The van der Waals surface area contributed by atoms with E-state index >= 15 is 0 Å². The zero-order valence-electron chi connectivity index (χ0n) is 53.1. The van der Waals surface area contributed by atoms with E-state index in [1.165, 1.54) is 205 Å². The minimum Gasteiger partial charge on any atom is -0.462 e. The van der Waals surface area contributed by atoms with Gasteiger partial charge in [0, 0.05) is 19.3 Å². The lowest BCUT2D eigenvalue weighted by atomic mass is 10.0. The molecule has 6 nitrogen and oxygen atoms in total. The Bertz CT molecular complexity index is 1520. The molecule has 0 saturated heterocycles. The quantitative estimate of drug-likeness (QED) is 0.0261. The molecule has 0 saturated carbocycles. The fraction of sp³-hybridized carbons (Fsp3) is 0.770. The summed E-state index contributed by atoms with van der Waals surface area (Å²) in [7, 11) is 0. The van der Waals surface area contributed by atoms with Crippen LogP contribution in [-0.2, 0) is 28.6 Å². The third-order valence-corrected chi connectivity index (χ3v) is 15.1. The largest absolute Gasteiger partial charge is 0.462 e. The molecule has 0 heterocycles. The Morgan fingerprint density at radius 2 is 0.487 bits per heavy atom. The summed E-state index contributed by atoms with van der Waals surface area (Å²) in [5, 5.41) is 0. The van der Waals surface area contributed by atoms with Gasteiger partial charge in [0.1, 0.15) is 13.2 Å². The molecule has 0 aliphatic rings. The molecular weight excluding hydrogens is 985 g/mol. The van der Waals surface area contributed by atoms with Crippen molar-refractivity contribution in [2.75, 3.05) is 13.2 Å². The monoisotopic (exact) mass is 1110 g/mol. The molecule has 0 radical (unpaired) electrons. The lowest BCUT2D eigenvalue weighted by Crippen LogP contribution is -2.30. The maximum Gasteiger partial charge on any atom is 0.306 e. The molecule has 0 aromatic rings. The Kier molecular flexibility index (Phi) is 65.2. The average Bonchev–Trinajstić information content (AvgIpc) is 3.46. The van der Waals surface area contributed by atoms with E-state index in [1.54, 1.807) is 0 Å². The molecule has 6 heteroatoms. The summed E-state index contributed by atoms with van der Waals surface area (Å²) in [6, 6.07) is 0. The van der Waals surface area contributed by atoms with E-state index in [9.17, 15) is 14.4 Å². The molecule has 0 aromatic carbocycles. The number of hydrogen-bond donors (Lipinski definition) is 0. The molecule has 0 aliphatic heterocycles. The van der Waals surface area contributed by atoms with Crippen LogP contribution in [0.15, 0.2) is 85.1 Å². The van der Waals surface area contributed by atoms with Gasteiger partial charge in [0.15, 0.2) is 6.10 Å². The van der Waals surface area contributed by atoms with Crippen LogP contribution in [0.1, 0.15) is 348 Å². The Morgan fingerprint density at radius 3 is 0.762 bits per heavy atom. The van der Waals surface area contributed by atoms with E-state index in [0.29, 0.717) is 19.3 Å². The third-order valence-electron chi connectivity index (χ3n) is 15.1. The van der Waals surface area contributed by atoms with E-state index in [-0.39, 0.29) is 31.1 Å². The van der Waals surface area contributed by atoms with E-state index in [1.807, 2.05) is 0 Å². The predicted molar refractivity (Wildman–Crippen MR) is 348 cm³/mol. The van der Waals surface area contributed by atoms with Crippen LogP contribution in [0.2, 0.25) is 0 Å². The van der Waals surface area contributed by atoms with Crippen LogP contribution < -0.4 is 0 Å². The highest BCUT2D eigenvalue weighted by molar-refractivity contribution is 5.71. The zero-order valence-corrected chi connectivity index (χ0v) is 53.1. The van der Waals surface area contributed by atoms with E-state index < -0.39 is 6.10 Å². The standard InChI is InChI=1S/C74H130O6/c1-4-7-10-13-16-19-22-25-28-31-33-35-37-39-41-43-46-49-52-55-58-61-64-67-73(76)79-70-71(69-78-72(75)66-63-60-57-54-51-48-45-30-27-24-21-18-15-12-9-6-3)80-74(77)68-65-62-59-56-53-50-47-44-42-40-38-36-34-32-29-26-23-20-17-14-11-8-5-2/h7,10,16,19,23,25-26,28,32-35,38,40,71H,4-6,8-9,11-15,17-18,20-22,24,27,29-31,36-37,39,41-70H2,1-3H3/b10-7-,19-16-,26-23-,28-25-,34-32-,35-33-,40-38-. The Morgan fingerprint density at radius 1 is 0.263 bits per heavy atom. The van der Waals surface area contributed by atoms with Gasteiger partial charge in [0.2, 0.25) is 0 Å². The van der Waals surface area contributed by atoms with Gasteiger partial charge in [0.25, 0.3) is 0 Å². The van der Waals surface area contributed by atoms with Crippen LogP contribution in [0.3, 0.4) is 0 Å². The highest BCUT2D eigenvalue weighted by Gasteiger charge is 2.19. The lowest BCUT2D eigenvalue weighted by molar-refractivity contribution is -0.167. The van der Waals surface area contributed by atoms with Crippen LogP contribution in [0.5, 0.6) is 0 Å². The van der Waals surface area contributed by atoms with Gasteiger partial charge in [-0.2, -0.15) is 0 Å². The number of carbonyl (C=O) groups excluding carboxylic acids is 3. The van der Waals surface area contributed by atoms with Gasteiger partial charge in [-0.25, -0.2) is 0 Å². The molecule has 0 aliphatic carbocycles. The first kappa shape index (κ1) is 76.6. The van der Waals surface area contributed by atoms with Crippen LogP contribution in [0.4, 0.5) is 0 Å². The zero-order chi connectivity index (χ0) is 57.8. The second-order valence-corrected chi connectivity index (χ2v) is 23.1. The normalized spacial score (nSPS) is 12.6. The molecule has 0 rings (SSSR count). The van der Waals surface area contributed by atoms with E-state index in [2.05, 4.69) is 106 Å². The van der Waals surface area contributed by atoms with Crippen molar-refractivity contribution in [1.82, 2.24) is 0 Å². The topological polar surface area (TPSA) is 78.9 Å². The van der Waals surface area contributed by atoms with Crippen molar-refractivity contribution in [2.24, 2.45) is 0 Å². The van der Waals surface area contributed by atoms with Gasteiger partial charge in [-0.3, -0.25) is 14.4 Å². The van der Waals surface area contributed by atoms with Crippen molar-refractivity contribution >= 4 is 17.9 Å². The molecule has 0 aromatic heterocycles. The van der Waals surface area contributed by atoms with Gasteiger partial charge in [0.05, 0.1) is 0 Å². The average molecular weight is 1120 g/mol. The van der Waals surface area contributed by atoms with Crippen LogP contribution in [0, 0.1) is 0 Å². The first-order chi connectivity index (χ1) is 39.5. The van der Waals surface area contributed by atoms with Crippen molar-refractivity contribution in [3.05, 3.63) is 85.1 Å². The summed E-state index contributed by atoms with van der Waals surface area (Å²) >= 11 is 0. The summed E-state index contributed by atoms with van der Waals surface area (Å²) < 4.78 is 17.0. The summed E-state index contributed by atoms with van der Waals surface area (Å²) in [4.78, 5) is 38.5. The minimum absolute atomic E-state index is 0.0773. The van der Waals surface area contributed by atoms with Crippen molar-refractivity contribution in [2.45, 2.75) is 354 Å². The molecule has 1 unspecified atom stereocenters. The summed E-state index contributed by atoms with van der Waals surface area (Å²) in [6.07, 6.45) is 90.2. The van der Waals surface area contributed by atoms with Gasteiger partial charge in [-0.05, 0) is 96.3 Å². The smallest absolute Gasteiger partial charge is 0.306 e.